The van der Waals surface area contributed by atoms with Gasteiger partial charge in [0.2, 0.25) is 5.91 Å². The van der Waals surface area contributed by atoms with Crippen molar-refractivity contribution in [1.82, 2.24) is 4.90 Å². The standard InChI is InChI=1S/C24H21ClFN3O2/c1-31-23-10-9-20(25)12-22(23)28-24(30)16-29(15-19-3-2-4-21(26)11-19)14-18-7-5-17(13-27)6-8-18/h2-12H,14-16H2,1H3,(H,28,30). The number of hydrogen-bond acceptors (Lipinski definition) is 4. The summed E-state index contributed by atoms with van der Waals surface area (Å²) in [5.41, 5.74) is 2.72. The molecule has 0 spiro atoms. The van der Waals surface area contributed by atoms with Crippen LogP contribution in [0.1, 0.15) is 16.7 Å². The van der Waals surface area contributed by atoms with Crippen LogP contribution in [-0.2, 0) is 17.9 Å². The van der Waals surface area contributed by atoms with Crippen LogP contribution in [0.2, 0.25) is 5.02 Å². The Hall–Kier alpha value is -3.40. The van der Waals surface area contributed by atoms with E-state index in [9.17, 15) is 9.18 Å². The van der Waals surface area contributed by atoms with Gasteiger partial charge in [-0.1, -0.05) is 35.9 Å². The summed E-state index contributed by atoms with van der Waals surface area (Å²) >= 11 is 6.04. The number of benzene rings is 3. The molecule has 0 saturated heterocycles. The molecule has 3 aromatic rings. The van der Waals surface area contributed by atoms with Gasteiger partial charge in [-0.25, -0.2) is 4.39 Å². The Kier molecular flexibility index (Phi) is 7.60. The molecular weight excluding hydrogens is 417 g/mol. The molecule has 0 bridgehead atoms. The molecule has 1 amide bonds. The maximum Gasteiger partial charge on any atom is 0.238 e. The number of nitrogens with zero attached hydrogens (tertiary/aromatic N) is 2. The highest BCUT2D eigenvalue weighted by Gasteiger charge is 2.15. The largest absolute Gasteiger partial charge is 0.495 e. The lowest BCUT2D eigenvalue weighted by Crippen LogP contribution is -2.32. The number of carbonyl (C=O) groups excluding carboxylic acids is 1. The molecule has 0 unspecified atom stereocenters. The quantitative estimate of drug-likeness (QED) is 0.538. The second kappa shape index (κ2) is 10.6. The van der Waals surface area contributed by atoms with E-state index in [0.29, 0.717) is 35.1 Å². The summed E-state index contributed by atoms with van der Waals surface area (Å²) < 4.78 is 18.9. The minimum absolute atomic E-state index is 0.0617. The molecule has 0 aliphatic heterocycles. The number of hydrogen-bond donors (Lipinski definition) is 1. The van der Waals surface area contributed by atoms with Crippen LogP contribution in [0.3, 0.4) is 0 Å². The van der Waals surface area contributed by atoms with Crippen LogP contribution >= 0.6 is 11.6 Å². The van der Waals surface area contributed by atoms with Gasteiger partial charge >= 0.3 is 0 Å². The number of carbonyl (C=O) groups is 1. The first kappa shape index (κ1) is 22.3. The van der Waals surface area contributed by atoms with Crippen molar-refractivity contribution in [3.05, 3.63) is 94.3 Å². The van der Waals surface area contributed by atoms with Crippen molar-refractivity contribution in [1.29, 1.82) is 5.26 Å². The highest BCUT2D eigenvalue weighted by atomic mass is 35.5. The maximum atomic E-state index is 13.6. The van der Waals surface area contributed by atoms with Crippen molar-refractivity contribution >= 4 is 23.2 Å². The lowest BCUT2D eigenvalue weighted by atomic mass is 10.1. The van der Waals surface area contributed by atoms with Gasteiger partial charge in [0.05, 0.1) is 31.0 Å². The van der Waals surface area contributed by atoms with Crippen LogP contribution in [0.25, 0.3) is 0 Å². The minimum atomic E-state index is -0.330. The number of ether oxygens (including phenoxy) is 1. The molecule has 0 saturated carbocycles. The van der Waals surface area contributed by atoms with Crippen molar-refractivity contribution in [3.8, 4) is 11.8 Å². The van der Waals surface area contributed by atoms with Gasteiger partial charge in [-0.15, -0.1) is 0 Å². The second-order valence-corrected chi connectivity index (χ2v) is 7.41. The first-order chi connectivity index (χ1) is 15.0. The predicted octanol–water partition coefficient (Wildman–Crippen LogP) is 5.00. The Labute approximate surface area is 185 Å². The third kappa shape index (κ3) is 6.54. The van der Waals surface area contributed by atoms with Gasteiger partial charge in [-0.3, -0.25) is 9.69 Å². The normalized spacial score (nSPS) is 10.5. The van der Waals surface area contributed by atoms with Crippen LogP contribution in [0.15, 0.2) is 66.7 Å². The third-order valence-corrected chi connectivity index (χ3v) is 4.82. The van der Waals surface area contributed by atoms with Gasteiger partial charge in [-0.2, -0.15) is 5.26 Å². The molecule has 3 rings (SSSR count). The number of anilines is 1. The molecule has 0 fully saturated rings. The summed E-state index contributed by atoms with van der Waals surface area (Å²) in [6.45, 7) is 0.881. The lowest BCUT2D eigenvalue weighted by Gasteiger charge is -2.22. The van der Waals surface area contributed by atoms with Crippen molar-refractivity contribution in [2.45, 2.75) is 13.1 Å². The van der Waals surface area contributed by atoms with E-state index >= 15 is 0 Å². The zero-order valence-electron chi connectivity index (χ0n) is 16.9. The highest BCUT2D eigenvalue weighted by Crippen LogP contribution is 2.27. The molecule has 0 aliphatic rings. The van der Waals surface area contributed by atoms with Crippen LogP contribution in [0.4, 0.5) is 10.1 Å². The van der Waals surface area contributed by atoms with E-state index in [1.54, 1.807) is 36.4 Å². The van der Waals surface area contributed by atoms with E-state index in [-0.39, 0.29) is 18.3 Å². The van der Waals surface area contributed by atoms with E-state index in [4.69, 9.17) is 21.6 Å². The molecule has 3 aromatic carbocycles. The summed E-state index contributed by atoms with van der Waals surface area (Å²) in [6, 6.07) is 20.5. The monoisotopic (exact) mass is 437 g/mol. The summed E-state index contributed by atoms with van der Waals surface area (Å²) in [7, 11) is 1.51. The fourth-order valence-electron chi connectivity index (χ4n) is 3.17. The zero-order chi connectivity index (χ0) is 22.2. The Bertz CT molecular complexity index is 1100. The van der Waals surface area contributed by atoms with Crippen LogP contribution < -0.4 is 10.1 Å². The predicted molar refractivity (Wildman–Crippen MR) is 118 cm³/mol. The summed E-state index contributed by atoms with van der Waals surface area (Å²) in [4.78, 5) is 14.7. The number of rotatable bonds is 8. The molecule has 0 heterocycles. The van der Waals surface area contributed by atoms with Crippen molar-refractivity contribution in [3.63, 3.8) is 0 Å². The Balaban J connectivity index is 1.77. The van der Waals surface area contributed by atoms with Crippen LogP contribution in [0.5, 0.6) is 5.75 Å². The average molecular weight is 438 g/mol. The van der Waals surface area contributed by atoms with E-state index in [1.807, 2.05) is 23.1 Å². The molecule has 5 nitrogen and oxygen atoms in total. The third-order valence-electron chi connectivity index (χ3n) is 4.59. The van der Waals surface area contributed by atoms with Gasteiger partial charge in [0.1, 0.15) is 11.6 Å². The van der Waals surface area contributed by atoms with Crippen molar-refractivity contribution < 1.29 is 13.9 Å². The maximum absolute atomic E-state index is 13.6. The molecule has 7 heteroatoms. The summed E-state index contributed by atoms with van der Waals surface area (Å²) in [6.07, 6.45) is 0. The SMILES string of the molecule is COc1ccc(Cl)cc1NC(=O)CN(Cc1ccc(C#N)cc1)Cc1cccc(F)c1. The molecule has 0 atom stereocenters. The molecule has 0 aromatic heterocycles. The molecule has 0 radical (unpaired) electrons. The molecule has 1 N–H and O–H groups in total. The first-order valence-corrected chi connectivity index (χ1v) is 9.94. The Morgan fingerprint density at radius 1 is 1.10 bits per heavy atom. The molecule has 31 heavy (non-hydrogen) atoms. The van der Waals surface area contributed by atoms with Crippen molar-refractivity contribution in [2.24, 2.45) is 0 Å². The van der Waals surface area contributed by atoms with E-state index in [2.05, 4.69) is 11.4 Å². The van der Waals surface area contributed by atoms with Gasteiger partial charge in [0.25, 0.3) is 0 Å². The fraction of sp³-hybridized carbons (Fsp3) is 0.167. The molecule has 158 valence electrons. The Morgan fingerprint density at radius 3 is 2.52 bits per heavy atom. The highest BCUT2D eigenvalue weighted by molar-refractivity contribution is 6.31. The Morgan fingerprint density at radius 2 is 1.84 bits per heavy atom. The summed E-state index contributed by atoms with van der Waals surface area (Å²) in [5, 5.41) is 12.3. The lowest BCUT2D eigenvalue weighted by molar-refractivity contribution is -0.117. The first-order valence-electron chi connectivity index (χ1n) is 9.56. The van der Waals surface area contributed by atoms with Crippen LogP contribution in [0, 0.1) is 17.1 Å². The van der Waals surface area contributed by atoms with E-state index < -0.39 is 0 Å². The topological polar surface area (TPSA) is 65.4 Å². The molecular formula is C24H21ClFN3O2. The number of amides is 1. The second-order valence-electron chi connectivity index (χ2n) is 6.98. The minimum Gasteiger partial charge on any atom is -0.495 e. The summed E-state index contributed by atoms with van der Waals surface area (Å²) in [5.74, 6) is -0.0870. The van der Waals surface area contributed by atoms with E-state index in [1.165, 1.54) is 19.2 Å². The number of nitrogens with one attached hydrogen (secondary N) is 1. The number of nitriles is 1. The van der Waals surface area contributed by atoms with E-state index in [0.717, 1.165) is 11.1 Å². The van der Waals surface area contributed by atoms with Gasteiger partial charge in [0, 0.05) is 18.1 Å². The fourth-order valence-corrected chi connectivity index (χ4v) is 3.35. The smallest absolute Gasteiger partial charge is 0.238 e. The number of methoxy groups -OCH3 is 1. The molecule has 0 aliphatic carbocycles. The average Bonchev–Trinajstić information content (AvgIpc) is 2.74. The van der Waals surface area contributed by atoms with Gasteiger partial charge in [0.15, 0.2) is 0 Å². The number of halogens is 2. The van der Waals surface area contributed by atoms with Gasteiger partial charge in [-0.05, 0) is 53.6 Å². The van der Waals surface area contributed by atoms with Crippen LogP contribution in [-0.4, -0.2) is 24.5 Å². The van der Waals surface area contributed by atoms with Gasteiger partial charge < -0.3 is 10.1 Å². The zero-order valence-corrected chi connectivity index (χ0v) is 17.7. The van der Waals surface area contributed by atoms with Crippen molar-refractivity contribution in [2.75, 3.05) is 19.0 Å².